The third kappa shape index (κ3) is 2.14. The second-order valence-corrected chi connectivity index (χ2v) is 6.39. The molecule has 1 aliphatic rings. The highest BCUT2D eigenvalue weighted by Gasteiger charge is 2.32. The van der Waals surface area contributed by atoms with E-state index < -0.39 is 15.9 Å². The van der Waals surface area contributed by atoms with Crippen molar-refractivity contribution in [3.05, 3.63) is 18.0 Å². The lowest BCUT2D eigenvalue weighted by atomic mass is 10.3. The molecule has 7 nitrogen and oxygen atoms in total. The molecule has 2 rings (SSSR count). The lowest BCUT2D eigenvalue weighted by Crippen LogP contribution is -2.31. The smallest absolute Gasteiger partial charge is 0.265 e. The van der Waals surface area contributed by atoms with Crippen LogP contribution in [-0.2, 0) is 17.1 Å². The molecule has 1 fully saturated rings. The number of carbonyl (C=O) groups is 1. The van der Waals surface area contributed by atoms with Crippen LogP contribution in [0.4, 0.5) is 0 Å². The summed E-state index contributed by atoms with van der Waals surface area (Å²) < 4.78 is 27.3. The summed E-state index contributed by atoms with van der Waals surface area (Å²) in [6.07, 6.45) is 2.04. The summed E-state index contributed by atoms with van der Waals surface area (Å²) in [6.45, 7) is 0.716. The topological polar surface area (TPSA) is 111 Å². The Balaban J connectivity index is 2.36. The van der Waals surface area contributed by atoms with Gasteiger partial charge in [0.05, 0.1) is 0 Å². The number of amides is 1. The Bertz CT molecular complexity index is 578. The monoisotopic (exact) mass is 272 g/mol. The molecule has 0 radical (unpaired) electrons. The molecule has 0 saturated carbocycles. The number of nitrogens with zero attached hydrogens (tertiary/aromatic N) is 2. The zero-order valence-electron chi connectivity index (χ0n) is 10.0. The standard InChI is InChI=1S/C10H16N4O3S/c1-13-6-8(4-9(13)10(12)15)18(16,17)14-3-2-7(11)5-14/h4,6-7H,2-3,5,11H2,1H3,(H2,12,15). The Morgan fingerprint density at radius 2 is 2.17 bits per heavy atom. The number of carbonyl (C=O) groups excluding carboxylic acids is 1. The molecule has 0 bridgehead atoms. The summed E-state index contributed by atoms with van der Waals surface area (Å²) in [5, 5.41) is 0. The maximum absolute atomic E-state index is 12.3. The summed E-state index contributed by atoms with van der Waals surface area (Å²) in [7, 11) is -2.00. The number of nitrogens with two attached hydrogens (primary N) is 2. The van der Waals surface area contributed by atoms with Crippen molar-refractivity contribution < 1.29 is 13.2 Å². The molecule has 0 aromatic carbocycles. The van der Waals surface area contributed by atoms with Gasteiger partial charge in [-0.2, -0.15) is 4.31 Å². The average Bonchev–Trinajstić information content (AvgIpc) is 2.84. The molecule has 18 heavy (non-hydrogen) atoms. The molecule has 8 heteroatoms. The second-order valence-electron chi connectivity index (χ2n) is 4.45. The van der Waals surface area contributed by atoms with Crippen molar-refractivity contribution in [2.24, 2.45) is 18.5 Å². The van der Waals surface area contributed by atoms with Crippen molar-refractivity contribution in [1.29, 1.82) is 0 Å². The lowest BCUT2D eigenvalue weighted by molar-refractivity contribution is 0.0992. The van der Waals surface area contributed by atoms with Crippen molar-refractivity contribution in [2.45, 2.75) is 17.4 Å². The van der Waals surface area contributed by atoms with Crippen LogP contribution >= 0.6 is 0 Å². The fraction of sp³-hybridized carbons (Fsp3) is 0.500. The van der Waals surface area contributed by atoms with E-state index in [0.717, 1.165) is 0 Å². The van der Waals surface area contributed by atoms with Gasteiger partial charge in [-0.3, -0.25) is 4.79 Å². The minimum absolute atomic E-state index is 0.0768. The number of hydrogen-bond donors (Lipinski definition) is 2. The van der Waals surface area contributed by atoms with Crippen LogP contribution < -0.4 is 11.5 Å². The Kier molecular flexibility index (Phi) is 3.18. The predicted molar refractivity (Wildman–Crippen MR) is 65.3 cm³/mol. The van der Waals surface area contributed by atoms with Crippen LogP contribution in [0.3, 0.4) is 0 Å². The average molecular weight is 272 g/mol. The van der Waals surface area contributed by atoms with Crippen molar-refractivity contribution in [3.8, 4) is 0 Å². The molecule has 0 aliphatic carbocycles. The van der Waals surface area contributed by atoms with Crippen molar-refractivity contribution >= 4 is 15.9 Å². The summed E-state index contributed by atoms with van der Waals surface area (Å²) >= 11 is 0. The third-order valence-electron chi connectivity index (χ3n) is 3.06. The maximum atomic E-state index is 12.3. The molecule has 0 spiro atoms. The van der Waals surface area contributed by atoms with E-state index in [-0.39, 0.29) is 16.6 Å². The van der Waals surface area contributed by atoms with Gasteiger partial charge >= 0.3 is 0 Å². The molecule has 4 N–H and O–H groups in total. The molecule has 1 saturated heterocycles. The van der Waals surface area contributed by atoms with Crippen molar-refractivity contribution in [2.75, 3.05) is 13.1 Å². The predicted octanol–water partition coefficient (Wildman–Crippen LogP) is -1.15. The molecular weight excluding hydrogens is 256 g/mol. The molecule has 1 aromatic heterocycles. The number of primary amides is 1. The quantitative estimate of drug-likeness (QED) is 0.723. The molecule has 100 valence electrons. The SMILES string of the molecule is Cn1cc(S(=O)(=O)N2CCC(N)C2)cc1C(N)=O. The highest BCUT2D eigenvalue weighted by molar-refractivity contribution is 7.89. The van der Waals surface area contributed by atoms with Gasteiger partial charge in [0.15, 0.2) is 0 Å². The first kappa shape index (κ1) is 13.1. The molecule has 1 atom stereocenters. The maximum Gasteiger partial charge on any atom is 0.265 e. The fourth-order valence-electron chi connectivity index (χ4n) is 2.04. The van der Waals surface area contributed by atoms with Gasteiger partial charge in [0.2, 0.25) is 10.0 Å². The first-order valence-corrected chi connectivity index (χ1v) is 6.98. The van der Waals surface area contributed by atoms with Gasteiger partial charge in [0.25, 0.3) is 5.91 Å². The lowest BCUT2D eigenvalue weighted by Gasteiger charge is -2.14. The van der Waals surface area contributed by atoms with Crippen LogP contribution in [0.5, 0.6) is 0 Å². The molecule has 1 amide bonds. The van der Waals surface area contributed by atoms with Crippen molar-refractivity contribution in [3.63, 3.8) is 0 Å². The van der Waals surface area contributed by atoms with Gasteiger partial charge in [-0.05, 0) is 12.5 Å². The summed E-state index contributed by atoms with van der Waals surface area (Å²) in [5.41, 5.74) is 11.0. The van der Waals surface area contributed by atoms with Gasteiger partial charge in [0.1, 0.15) is 10.6 Å². The highest BCUT2D eigenvalue weighted by Crippen LogP contribution is 2.22. The van der Waals surface area contributed by atoms with E-state index in [1.807, 2.05) is 0 Å². The van der Waals surface area contributed by atoms with Crippen LogP contribution in [-0.4, -0.2) is 42.3 Å². The van der Waals surface area contributed by atoms with E-state index in [2.05, 4.69) is 0 Å². The van der Waals surface area contributed by atoms with Crippen LogP contribution in [0.15, 0.2) is 17.2 Å². The Morgan fingerprint density at radius 1 is 1.50 bits per heavy atom. The summed E-state index contributed by atoms with van der Waals surface area (Å²) in [5.74, 6) is -0.655. The molecule has 1 unspecified atom stereocenters. The number of sulfonamides is 1. The van der Waals surface area contributed by atoms with E-state index >= 15 is 0 Å². The van der Waals surface area contributed by atoms with Gasteiger partial charge in [-0.1, -0.05) is 0 Å². The number of hydrogen-bond acceptors (Lipinski definition) is 4. The Hall–Kier alpha value is -1.38. The van der Waals surface area contributed by atoms with E-state index in [9.17, 15) is 13.2 Å². The third-order valence-corrected chi connectivity index (χ3v) is 4.89. The minimum atomic E-state index is -3.58. The first-order valence-electron chi connectivity index (χ1n) is 5.54. The first-order chi connectivity index (χ1) is 8.32. The summed E-state index contributed by atoms with van der Waals surface area (Å²) in [4.78, 5) is 11.2. The van der Waals surface area contributed by atoms with Gasteiger partial charge in [0, 0.05) is 32.4 Å². The zero-order chi connectivity index (χ0) is 13.5. The number of rotatable bonds is 3. The Morgan fingerprint density at radius 3 is 2.61 bits per heavy atom. The largest absolute Gasteiger partial charge is 0.364 e. The normalized spacial score (nSPS) is 21.3. The Labute approximate surface area is 105 Å². The number of aryl methyl sites for hydroxylation is 1. The molecule has 1 aliphatic heterocycles. The van der Waals surface area contributed by atoms with E-state index in [4.69, 9.17) is 11.5 Å². The van der Waals surface area contributed by atoms with Crippen LogP contribution in [0, 0.1) is 0 Å². The fourth-order valence-corrected chi connectivity index (χ4v) is 3.63. The van der Waals surface area contributed by atoms with Crippen LogP contribution in [0.2, 0.25) is 0 Å². The highest BCUT2D eigenvalue weighted by atomic mass is 32.2. The van der Waals surface area contributed by atoms with E-state index in [0.29, 0.717) is 19.5 Å². The van der Waals surface area contributed by atoms with E-state index in [1.165, 1.54) is 21.1 Å². The molecular formula is C10H16N4O3S. The minimum Gasteiger partial charge on any atom is -0.364 e. The van der Waals surface area contributed by atoms with Gasteiger partial charge in [-0.15, -0.1) is 0 Å². The molecule has 2 heterocycles. The van der Waals surface area contributed by atoms with Crippen LogP contribution in [0.1, 0.15) is 16.9 Å². The number of aromatic nitrogens is 1. The van der Waals surface area contributed by atoms with Gasteiger partial charge in [-0.25, -0.2) is 8.42 Å². The van der Waals surface area contributed by atoms with Crippen LogP contribution in [0.25, 0.3) is 0 Å². The molecule has 1 aromatic rings. The van der Waals surface area contributed by atoms with E-state index in [1.54, 1.807) is 7.05 Å². The van der Waals surface area contributed by atoms with Gasteiger partial charge < -0.3 is 16.0 Å². The van der Waals surface area contributed by atoms with Crippen molar-refractivity contribution in [1.82, 2.24) is 8.87 Å². The summed E-state index contributed by atoms with van der Waals surface area (Å²) in [6, 6.07) is 1.17. The zero-order valence-corrected chi connectivity index (χ0v) is 10.9. The second kappa shape index (κ2) is 4.38.